The van der Waals surface area contributed by atoms with Crippen LogP contribution in [-0.2, 0) is 11.2 Å². The summed E-state index contributed by atoms with van der Waals surface area (Å²) in [6.07, 6.45) is 4.53. The highest BCUT2D eigenvalue weighted by atomic mass is 32.1. The van der Waals surface area contributed by atoms with Crippen LogP contribution in [0.15, 0.2) is 18.5 Å². The number of thiazole rings is 1. The van der Waals surface area contributed by atoms with Gasteiger partial charge in [0.2, 0.25) is 5.91 Å². The molecule has 2 atom stereocenters. The lowest BCUT2D eigenvalue weighted by Crippen LogP contribution is -2.37. The fourth-order valence-corrected chi connectivity index (χ4v) is 6.27. The van der Waals surface area contributed by atoms with E-state index >= 15 is 0 Å². The van der Waals surface area contributed by atoms with Crippen LogP contribution >= 0.6 is 22.7 Å². The zero-order valence-corrected chi connectivity index (χ0v) is 20.0. The number of nitrogens with one attached hydrogen (secondary N) is 2. The molecule has 0 aliphatic carbocycles. The van der Waals surface area contributed by atoms with E-state index in [1.54, 1.807) is 23.7 Å². The summed E-state index contributed by atoms with van der Waals surface area (Å²) in [5, 5.41) is 17.6. The molecule has 1 aliphatic rings. The van der Waals surface area contributed by atoms with Crippen LogP contribution in [-0.4, -0.2) is 51.1 Å². The van der Waals surface area contributed by atoms with E-state index in [0.717, 1.165) is 42.7 Å². The first kappa shape index (κ1) is 22.6. The van der Waals surface area contributed by atoms with Gasteiger partial charge < -0.3 is 20.6 Å². The molecule has 0 aromatic carbocycles. The number of thiophene rings is 1. The smallest absolute Gasteiger partial charge is 0.407 e. The number of carboxylic acid groups (broad SMARTS) is 1. The summed E-state index contributed by atoms with van der Waals surface area (Å²) in [4.78, 5) is 35.8. The second kappa shape index (κ2) is 9.51. The summed E-state index contributed by atoms with van der Waals surface area (Å²) in [5.74, 6) is -0.0637. The van der Waals surface area contributed by atoms with Crippen molar-refractivity contribution in [1.82, 2.24) is 20.2 Å². The highest BCUT2D eigenvalue weighted by Crippen LogP contribution is 2.48. The van der Waals surface area contributed by atoms with Gasteiger partial charge in [0.05, 0.1) is 16.9 Å². The first-order valence-corrected chi connectivity index (χ1v) is 12.4. The lowest BCUT2D eigenvalue weighted by Gasteiger charge is -2.31. The Labute approximate surface area is 194 Å². The molecule has 3 aromatic rings. The highest BCUT2D eigenvalue weighted by Gasteiger charge is 2.34. The van der Waals surface area contributed by atoms with Gasteiger partial charge in [0.15, 0.2) is 0 Å². The first-order valence-electron chi connectivity index (χ1n) is 10.8. The van der Waals surface area contributed by atoms with Gasteiger partial charge in [0.1, 0.15) is 15.5 Å². The Kier molecular flexibility index (Phi) is 6.73. The zero-order chi connectivity index (χ0) is 22.8. The van der Waals surface area contributed by atoms with Crippen molar-refractivity contribution in [1.29, 1.82) is 0 Å². The molecule has 10 heteroatoms. The standard InChI is InChI=1S/C22H27N5O3S2/c1-4-12(2)24-9-6-17(28)26-21-18(20-25-15-11-23-8-5-16(15)31-20)14-7-10-27(22(29)30)13(3)19(14)32-21/h5,8,11-13,24H,4,6-7,9-10H2,1-3H3,(H,26,28)(H,29,30)/t12-,13+/m0/s1. The summed E-state index contributed by atoms with van der Waals surface area (Å²) in [5.41, 5.74) is 2.82. The Hall–Kier alpha value is -2.56. The molecule has 32 heavy (non-hydrogen) atoms. The van der Waals surface area contributed by atoms with Crippen LogP contribution in [0.3, 0.4) is 0 Å². The largest absolute Gasteiger partial charge is 0.465 e. The third-order valence-electron chi connectivity index (χ3n) is 5.85. The van der Waals surface area contributed by atoms with Crippen molar-refractivity contribution in [2.45, 2.75) is 52.1 Å². The fourth-order valence-electron chi connectivity index (χ4n) is 3.86. The molecule has 0 unspecified atom stereocenters. The molecule has 0 fully saturated rings. The molecular formula is C22H27N5O3S2. The highest BCUT2D eigenvalue weighted by molar-refractivity contribution is 7.23. The van der Waals surface area contributed by atoms with E-state index in [2.05, 4.69) is 29.5 Å². The van der Waals surface area contributed by atoms with Crippen LogP contribution < -0.4 is 10.6 Å². The number of carbonyl (C=O) groups is 2. The lowest BCUT2D eigenvalue weighted by atomic mass is 9.98. The van der Waals surface area contributed by atoms with Gasteiger partial charge >= 0.3 is 6.09 Å². The molecule has 4 heterocycles. The maximum Gasteiger partial charge on any atom is 0.407 e. The Bertz CT molecular complexity index is 1110. The number of nitrogens with zero attached hydrogens (tertiary/aromatic N) is 3. The van der Waals surface area contributed by atoms with Crippen LogP contribution in [0.1, 0.15) is 50.1 Å². The van der Waals surface area contributed by atoms with E-state index in [4.69, 9.17) is 4.98 Å². The maximum absolute atomic E-state index is 12.7. The van der Waals surface area contributed by atoms with Gasteiger partial charge in [-0.05, 0) is 38.3 Å². The second-order valence-corrected chi connectivity index (χ2v) is 10.1. The van der Waals surface area contributed by atoms with Crippen LogP contribution in [0, 0.1) is 0 Å². The predicted molar refractivity (Wildman–Crippen MR) is 129 cm³/mol. The molecular weight excluding hydrogens is 446 g/mol. The van der Waals surface area contributed by atoms with Crippen molar-refractivity contribution in [3.8, 4) is 10.6 Å². The van der Waals surface area contributed by atoms with E-state index in [9.17, 15) is 14.7 Å². The lowest BCUT2D eigenvalue weighted by molar-refractivity contribution is -0.116. The second-order valence-electron chi connectivity index (χ2n) is 7.97. The molecule has 0 spiro atoms. The number of pyridine rings is 1. The van der Waals surface area contributed by atoms with Crippen molar-refractivity contribution in [3.63, 3.8) is 0 Å². The first-order chi connectivity index (χ1) is 15.4. The van der Waals surface area contributed by atoms with Crippen LogP contribution in [0.25, 0.3) is 20.8 Å². The van der Waals surface area contributed by atoms with Crippen molar-refractivity contribution in [3.05, 3.63) is 28.9 Å². The molecule has 3 N–H and O–H groups in total. The van der Waals surface area contributed by atoms with Crippen LogP contribution in [0.4, 0.5) is 9.80 Å². The molecule has 8 nitrogen and oxygen atoms in total. The van der Waals surface area contributed by atoms with E-state index in [1.807, 2.05) is 13.0 Å². The summed E-state index contributed by atoms with van der Waals surface area (Å²) in [6, 6.07) is 2.03. The molecule has 170 valence electrons. The molecule has 2 amide bonds. The average Bonchev–Trinajstić information content (AvgIpc) is 3.34. The topological polar surface area (TPSA) is 107 Å². The Morgan fingerprint density at radius 3 is 2.91 bits per heavy atom. The van der Waals surface area contributed by atoms with Crippen molar-refractivity contribution >= 4 is 49.9 Å². The molecule has 0 saturated heterocycles. The summed E-state index contributed by atoms with van der Waals surface area (Å²) in [6.45, 7) is 7.13. The molecule has 0 bridgehead atoms. The Balaban J connectivity index is 1.68. The molecule has 3 aromatic heterocycles. The quantitative estimate of drug-likeness (QED) is 0.458. The molecule has 0 radical (unpaired) electrons. The van der Waals surface area contributed by atoms with Gasteiger partial charge in [0.25, 0.3) is 0 Å². The third kappa shape index (κ3) is 4.48. The van der Waals surface area contributed by atoms with Gasteiger partial charge in [-0.25, -0.2) is 9.78 Å². The molecule has 1 aliphatic heterocycles. The van der Waals surface area contributed by atoms with Crippen molar-refractivity contribution in [2.75, 3.05) is 18.4 Å². The monoisotopic (exact) mass is 473 g/mol. The van der Waals surface area contributed by atoms with Gasteiger partial charge in [-0.2, -0.15) is 0 Å². The summed E-state index contributed by atoms with van der Waals surface area (Å²) < 4.78 is 1.03. The summed E-state index contributed by atoms with van der Waals surface area (Å²) in [7, 11) is 0. The number of hydrogen-bond acceptors (Lipinski definition) is 7. The van der Waals surface area contributed by atoms with E-state index < -0.39 is 6.09 Å². The minimum absolute atomic E-state index is 0.0637. The van der Waals surface area contributed by atoms with Crippen LogP contribution in [0.5, 0.6) is 0 Å². The van der Waals surface area contributed by atoms with E-state index in [0.29, 0.717) is 32.0 Å². The van der Waals surface area contributed by atoms with Gasteiger partial charge in [-0.3, -0.25) is 9.78 Å². The number of anilines is 1. The van der Waals surface area contributed by atoms with E-state index in [-0.39, 0.29) is 11.9 Å². The number of aromatic nitrogens is 2. The third-order valence-corrected chi connectivity index (χ3v) is 8.22. The maximum atomic E-state index is 12.7. The number of amides is 2. The van der Waals surface area contributed by atoms with Gasteiger partial charge in [-0.15, -0.1) is 22.7 Å². The Morgan fingerprint density at radius 1 is 1.38 bits per heavy atom. The predicted octanol–water partition coefficient (Wildman–Crippen LogP) is 4.73. The number of fused-ring (bicyclic) bond motifs is 2. The molecule has 4 rings (SSSR count). The summed E-state index contributed by atoms with van der Waals surface area (Å²) >= 11 is 3.03. The van der Waals surface area contributed by atoms with Crippen molar-refractivity contribution < 1.29 is 14.7 Å². The molecule has 0 saturated carbocycles. The number of rotatable bonds is 7. The van der Waals surface area contributed by atoms with Crippen molar-refractivity contribution in [2.24, 2.45) is 0 Å². The number of hydrogen-bond donors (Lipinski definition) is 3. The fraction of sp³-hybridized carbons (Fsp3) is 0.455. The Morgan fingerprint density at radius 2 is 2.19 bits per heavy atom. The SMILES string of the molecule is CC[C@H](C)NCCC(=O)Nc1sc2c(c1-c1nc3cnccc3s1)CCN(C(=O)O)[C@@H]2C. The minimum atomic E-state index is -0.925. The van der Waals surface area contributed by atoms with E-state index in [1.165, 1.54) is 16.2 Å². The van der Waals surface area contributed by atoms with Gasteiger partial charge in [0, 0.05) is 42.2 Å². The number of carbonyl (C=O) groups excluding carboxylic acids is 1. The minimum Gasteiger partial charge on any atom is -0.465 e. The van der Waals surface area contributed by atoms with Gasteiger partial charge in [-0.1, -0.05) is 6.92 Å². The normalized spacial score (nSPS) is 16.7. The zero-order valence-electron chi connectivity index (χ0n) is 18.3. The van der Waals surface area contributed by atoms with Crippen LogP contribution in [0.2, 0.25) is 0 Å². The average molecular weight is 474 g/mol.